The van der Waals surface area contributed by atoms with Gasteiger partial charge in [0.25, 0.3) is 0 Å². The topological polar surface area (TPSA) is 170 Å². The van der Waals surface area contributed by atoms with Crippen molar-refractivity contribution in [3.8, 4) is 0 Å². The summed E-state index contributed by atoms with van der Waals surface area (Å²) in [5.41, 5.74) is 0. The highest BCUT2D eigenvalue weighted by molar-refractivity contribution is 5.85. The molecule has 0 radical (unpaired) electrons. The lowest BCUT2D eigenvalue weighted by molar-refractivity contribution is -0.151. The van der Waals surface area contributed by atoms with E-state index in [0.29, 0.717) is 38.8 Å². The van der Waals surface area contributed by atoms with Gasteiger partial charge < -0.3 is 39.4 Å². The molecule has 2 N–H and O–H groups in total. The molecule has 0 aliphatic carbocycles. The minimum Gasteiger partial charge on any atom is -0.462 e. The summed E-state index contributed by atoms with van der Waals surface area (Å²) in [7, 11) is 0. The van der Waals surface area contributed by atoms with E-state index in [2.05, 4.69) is 75.8 Å². The van der Waals surface area contributed by atoms with E-state index in [1.165, 1.54) is 257 Å². The molecule has 0 saturated carbocycles. The molecule has 0 fully saturated rings. The third kappa shape index (κ3) is 86.5. The molecule has 14 heteroatoms. The molecule has 14 nitrogen and oxygen atoms in total. The van der Waals surface area contributed by atoms with Gasteiger partial charge in [0.05, 0.1) is 0 Å². The molecule has 0 aromatic rings. The maximum Gasteiger partial charge on any atom is 0.306 e. The Morgan fingerprint density at radius 3 is 0.585 bits per heavy atom. The number of hydrogen-bond acceptors (Lipinski definition) is 12. The number of esters is 4. The van der Waals surface area contributed by atoms with E-state index in [4.69, 9.17) is 18.9 Å². The molecule has 0 heterocycles. The van der Waals surface area contributed by atoms with E-state index in [1.807, 2.05) is 6.92 Å². The number of nitrogens with one attached hydrogen (secondary N) is 2. The fraction of sp³-hybridized carbons (Fsp3) is 0.945. The molecule has 0 aromatic heterocycles. The molecule has 0 spiro atoms. The van der Waals surface area contributed by atoms with Crippen LogP contribution in [0.1, 0.15) is 582 Å². The Balaban J connectivity index is 5.88. The third-order valence-electron chi connectivity index (χ3n) is 26.1. The maximum atomic E-state index is 13.8. The summed E-state index contributed by atoms with van der Waals surface area (Å²) in [6, 6.07) is 0. The molecule has 1 atom stereocenters. The van der Waals surface area contributed by atoms with Crippen molar-refractivity contribution in [3.63, 3.8) is 0 Å². The van der Waals surface area contributed by atoms with Crippen LogP contribution in [-0.4, -0.2) is 122 Å². The zero-order chi connectivity index (χ0) is 89.7. The Kier molecular flexibility index (Phi) is 93.7. The highest BCUT2D eigenvalue weighted by Gasteiger charge is 2.22. The van der Waals surface area contributed by atoms with Crippen LogP contribution in [0.3, 0.4) is 0 Å². The van der Waals surface area contributed by atoms with Crippen LogP contribution in [0.25, 0.3) is 0 Å². The molecule has 0 saturated heterocycles. The average Bonchev–Trinajstić information content (AvgIpc) is 1.06. The Bertz CT molecular complexity index is 2060. The van der Waals surface area contributed by atoms with E-state index >= 15 is 0 Å². The Morgan fingerprint density at radius 2 is 0.382 bits per heavy atom. The van der Waals surface area contributed by atoms with Crippen LogP contribution < -0.4 is 10.6 Å². The Morgan fingerprint density at radius 1 is 0.211 bits per heavy atom. The van der Waals surface area contributed by atoms with Gasteiger partial charge in [0, 0.05) is 64.2 Å². The molecule has 2 amide bonds. The zero-order valence-electron chi connectivity index (χ0n) is 83.8. The maximum absolute atomic E-state index is 13.8. The van der Waals surface area contributed by atoms with Crippen LogP contribution in [0.5, 0.6) is 0 Å². The molecule has 0 aromatic carbocycles. The monoisotopic (exact) mass is 1740 g/mol. The van der Waals surface area contributed by atoms with Gasteiger partial charge in [-0.25, -0.2) is 0 Å². The van der Waals surface area contributed by atoms with E-state index in [-0.39, 0.29) is 66.5 Å². The van der Waals surface area contributed by atoms with E-state index in [0.717, 1.165) is 270 Å². The summed E-state index contributed by atoms with van der Waals surface area (Å²) < 4.78 is 24.8. The van der Waals surface area contributed by atoms with Gasteiger partial charge >= 0.3 is 23.9 Å². The minimum absolute atomic E-state index is 0.0161. The zero-order valence-corrected chi connectivity index (χ0v) is 83.8. The number of amides is 2. The largest absolute Gasteiger partial charge is 0.462 e. The first-order valence-corrected chi connectivity index (χ1v) is 55.1. The molecule has 0 aliphatic rings. The number of ether oxygens (including phenoxy) is 4. The molecular weight excluding hydrogens is 1530 g/mol. The van der Waals surface area contributed by atoms with E-state index < -0.39 is 5.92 Å². The van der Waals surface area contributed by atoms with Crippen molar-refractivity contribution >= 4 is 35.7 Å². The normalized spacial score (nSPS) is 12.0. The molecule has 123 heavy (non-hydrogen) atoms. The summed E-state index contributed by atoms with van der Waals surface area (Å²) in [5, 5.41) is 6.42. The summed E-state index contributed by atoms with van der Waals surface area (Å²) in [6.07, 6.45) is 91.0. The van der Waals surface area contributed by atoms with Crippen molar-refractivity contribution in [2.24, 2.45) is 5.92 Å². The van der Waals surface area contributed by atoms with E-state index in [1.54, 1.807) is 0 Å². The Hall–Kier alpha value is -3.26. The van der Waals surface area contributed by atoms with Crippen LogP contribution in [0.4, 0.5) is 0 Å². The van der Waals surface area contributed by atoms with Gasteiger partial charge in [0.2, 0.25) is 11.8 Å². The molecule has 728 valence electrons. The van der Waals surface area contributed by atoms with Crippen LogP contribution >= 0.6 is 0 Å². The lowest BCUT2D eigenvalue weighted by atomic mass is 10.0. The van der Waals surface area contributed by atoms with Crippen LogP contribution in [-0.2, 0) is 47.7 Å². The predicted molar refractivity (Wildman–Crippen MR) is 527 cm³/mol. The van der Waals surface area contributed by atoms with Crippen molar-refractivity contribution < 1.29 is 47.7 Å². The molecule has 1 unspecified atom stereocenters. The fourth-order valence-electron chi connectivity index (χ4n) is 17.8. The van der Waals surface area contributed by atoms with Crippen molar-refractivity contribution in [2.45, 2.75) is 607 Å². The molecule has 0 aliphatic heterocycles. The van der Waals surface area contributed by atoms with Gasteiger partial charge in [-0.3, -0.25) is 28.8 Å². The predicted octanol–water partition coefficient (Wildman–Crippen LogP) is 31.9. The SMILES string of the molecule is CCCCCCCCC(CCCCCCCC)OC(=O)CCCCCCCN(CCCCCCCC(=O)OC(CCCCCCCC)CCCCCCCC)CCNC(=O)CC(C)C(=O)NCCN(CCCCCCCC(=O)OC(CCCCCCCC)CCCCCCCC)CCCCCCCC(=O)OC(CCCCCCCC)CCCCCCCC. The smallest absolute Gasteiger partial charge is 0.306 e. The van der Waals surface area contributed by atoms with Gasteiger partial charge in [-0.2, -0.15) is 0 Å². The number of nitrogens with zero attached hydrogens (tertiary/aromatic N) is 2. The number of carbonyl (C=O) groups is 6. The lowest BCUT2D eigenvalue weighted by Crippen LogP contribution is -2.40. The fourth-order valence-corrected chi connectivity index (χ4v) is 17.8. The minimum atomic E-state index is -0.459. The summed E-state index contributed by atoms with van der Waals surface area (Å²) in [6.45, 7) is 26.3. The first-order chi connectivity index (χ1) is 60.3. The van der Waals surface area contributed by atoms with Gasteiger partial charge in [0.15, 0.2) is 0 Å². The summed E-state index contributed by atoms with van der Waals surface area (Å²) in [5.74, 6) is -0.702. The second kappa shape index (κ2) is 96.3. The molecule has 0 bridgehead atoms. The number of carbonyl (C=O) groups excluding carboxylic acids is 6. The first kappa shape index (κ1) is 120. The Labute approximate surface area is 764 Å². The summed E-state index contributed by atoms with van der Waals surface area (Å²) >= 11 is 0. The highest BCUT2D eigenvalue weighted by atomic mass is 16.6. The molecule has 0 rings (SSSR count). The van der Waals surface area contributed by atoms with Gasteiger partial charge in [-0.05, 0) is 180 Å². The van der Waals surface area contributed by atoms with Crippen molar-refractivity contribution in [3.05, 3.63) is 0 Å². The second-order valence-electron chi connectivity index (χ2n) is 38.4. The van der Waals surface area contributed by atoms with Crippen LogP contribution in [0.2, 0.25) is 0 Å². The quantitative estimate of drug-likeness (QED) is 0.0336. The lowest BCUT2D eigenvalue weighted by Gasteiger charge is -2.23. The number of unbranched alkanes of at least 4 members (excludes halogenated alkanes) is 56. The number of rotatable bonds is 101. The molecular formula is C109H212N4O10. The van der Waals surface area contributed by atoms with Crippen molar-refractivity contribution in [1.29, 1.82) is 0 Å². The van der Waals surface area contributed by atoms with Gasteiger partial charge in [-0.15, -0.1) is 0 Å². The van der Waals surface area contributed by atoms with Crippen LogP contribution in [0.15, 0.2) is 0 Å². The summed E-state index contributed by atoms with van der Waals surface area (Å²) in [4.78, 5) is 85.4. The number of hydrogen-bond donors (Lipinski definition) is 2. The third-order valence-corrected chi connectivity index (χ3v) is 26.1. The van der Waals surface area contributed by atoms with Gasteiger partial charge in [-0.1, -0.05) is 396 Å². The first-order valence-electron chi connectivity index (χ1n) is 55.1. The second-order valence-corrected chi connectivity index (χ2v) is 38.4. The van der Waals surface area contributed by atoms with Gasteiger partial charge in [0.1, 0.15) is 24.4 Å². The average molecular weight is 1740 g/mol. The van der Waals surface area contributed by atoms with Crippen LogP contribution in [0, 0.1) is 5.92 Å². The van der Waals surface area contributed by atoms with Crippen molar-refractivity contribution in [1.82, 2.24) is 20.4 Å². The highest BCUT2D eigenvalue weighted by Crippen LogP contribution is 2.25. The van der Waals surface area contributed by atoms with Crippen molar-refractivity contribution in [2.75, 3.05) is 52.4 Å². The van der Waals surface area contributed by atoms with E-state index in [9.17, 15) is 28.8 Å². The standard InChI is InChI=1S/C109H212N4O10/c1-10-18-26-34-46-62-78-100(79-63-47-35-27-19-11-2)120-105(115)86-70-54-42-58-74-92-112(93-75-59-43-55-71-87-106(116)121-101(80-64-48-36-28-20-12-3)81-65-49-37-29-21-13-4)96-90-110-104(114)98-99(9)109(119)111-91-97-113(94-76-60-44-56-72-88-107(117)122-102(82-66-50-38-30-22-14-5)83-67-51-39-31-23-15-6)95-77-61-45-57-73-89-108(118)123-103(84-68-52-40-32-24-16-7)85-69-53-41-33-25-17-8/h99-103H,10-98H2,1-9H3,(H,110,114)(H,111,119).